The van der Waals surface area contributed by atoms with Gasteiger partial charge in [-0.25, -0.2) is 8.78 Å². The van der Waals surface area contributed by atoms with E-state index in [1.807, 2.05) is 6.08 Å². The zero-order valence-corrected chi connectivity index (χ0v) is 27.6. The highest BCUT2D eigenvalue weighted by molar-refractivity contribution is 8.03. The van der Waals surface area contributed by atoms with Crippen molar-refractivity contribution in [1.82, 2.24) is 5.32 Å². The Hall–Kier alpha value is -2.76. The summed E-state index contributed by atoms with van der Waals surface area (Å²) >= 11 is 7.62. The lowest BCUT2D eigenvalue weighted by atomic mass is 9.90. The Morgan fingerprint density at radius 1 is 1.02 bits per heavy atom. The molecule has 3 atom stereocenters. The van der Waals surface area contributed by atoms with Crippen molar-refractivity contribution >= 4 is 54.9 Å². The van der Waals surface area contributed by atoms with Crippen molar-refractivity contribution in [2.75, 3.05) is 13.6 Å². The third-order valence-electron chi connectivity index (χ3n) is 6.28. The van der Waals surface area contributed by atoms with E-state index in [1.54, 1.807) is 59.1 Å². The Labute approximate surface area is 264 Å². The molecule has 3 rings (SSSR count). The summed E-state index contributed by atoms with van der Waals surface area (Å²) in [5.74, 6) is -4.79. The van der Waals surface area contributed by atoms with Gasteiger partial charge in [0.05, 0.1) is 10.8 Å². The summed E-state index contributed by atoms with van der Waals surface area (Å²) in [6.45, 7) is 8.00. The van der Waals surface area contributed by atoms with Crippen LogP contribution in [0.3, 0.4) is 0 Å². The molecule has 0 aromatic heterocycles. The van der Waals surface area contributed by atoms with Crippen LogP contribution in [0.4, 0.5) is 8.78 Å². The van der Waals surface area contributed by atoms with E-state index in [9.17, 15) is 27.7 Å². The second-order valence-corrected chi connectivity index (χ2v) is 15.6. The molecule has 0 radical (unpaired) electrons. The van der Waals surface area contributed by atoms with Crippen LogP contribution < -0.4 is 5.32 Å². The molecule has 0 saturated heterocycles. The van der Waals surface area contributed by atoms with E-state index in [1.165, 1.54) is 23.9 Å². The second-order valence-electron chi connectivity index (χ2n) is 12.0. The van der Waals surface area contributed by atoms with Crippen LogP contribution in [0.1, 0.15) is 47.1 Å². The first-order valence-corrected chi connectivity index (χ1v) is 16.4. The number of esters is 2. The number of hydrogen-bond acceptors (Lipinski definition) is 9. The van der Waals surface area contributed by atoms with Gasteiger partial charge in [-0.3, -0.25) is 28.0 Å². The normalized spacial score (nSPS) is 19.2. The number of amides is 1. The van der Waals surface area contributed by atoms with Gasteiger partial charge in [-0.05, 0) is 82.4 Å². The lowest BCUT2D eigenvalue weighted by molar-refractivity contribution is -0.162. The molecular formula is C30H35ClF2NO8PS. The van der Waals surface area contributed by atoms with Crippen molar-refractivity contribution in [3.05, 3.63) is 75.8 Å². The van der Waals surface area contributed by atoms with Crippen molar-refractivity contribution in [1.29, 1.82) is 0 Å². The maximum atomic E-state index is 14.6. The van der Waals surface area contributed by atoms with E-state index in [4.69, 9.17) is 30.1 Å². The highest BCUT2D eigenvalue weighted by atomic mass is 35.5. The lowest BCUT2D eigenvalue weighted by Gasteiger charge is -2.30. The van der Waals surface area contributed by atoms with Gasteiger partial charge in [0.25, 0.3) is 0 Å². The molecule has 1 amide bonds. The van der Waals surface area contributed by atoms with Crippen LogP contribution in [0.5, 0.6) is 0 Å². The number of rotatable bonds is 11. The number of carbonyl (C=O) groups excluding carboxylic acids is 3. The van der Waals surface area contributed by atoms with Crippen LogP contribution in [0, 0.1) is 28.4 Å². The minimum Gasteiger partial charge on any atom is -0.438 e. The third kappa shape index (κ3) is 9.37. The maximum absolute atomic E-state index is 14.6. The van der Waals surface area contributed by atoms with Gasteiger partial charge in [-0.2, -0.15) is 0 Å². The van der Waals surface area contributed by atoms with E-state index in [0.29, 0.717) is 10.6 Å². The summed E-state index contributed by atoms with van der Waals surface area (Å²) in [6.07, 6.45) is 7.70. The van der Waals surface area contributed by atoms with Crippen molar-refractivity contribution < 1.29 is 46.3 Å². The van der Waals surface area contributed by atoms with Crippen LogP contribution in [0.25, 0.3) is 6.08 Å². The number of fused-ring (bicyclic) bond motifs is 1. The van der Waals surface area contributed by atoms with Crippen LogP contribution >= 0.6 is 31.0 Å². The SMILES string of the molecule is CC(C)(C)C(=O)OCOP(=O)(OCOC(=O)C(C)(C)C)C(C(=O)N/C=C/c1ccc(F)c(F)c1)C1=CSC2C=CC(Cl)=CC12. The second kappa shape index (κ2) is 14.6. The zero-order valence-electron chi connectivity index (χ0n) is 25.1. The molecule has 44 heavy (non-hydrogen) atoms. The number of thioether (sulfide) groups is 1. The molecule has 1 heterocycles. The number of ether oxygens (including phenoxy) is 2. The molecule has 0 saturated carbocycles. The number of hydrogen-bond donors (Lipinski definition) is 1. The first-order chi connectivity index (χ1) is 20.4. The summed E-state index contributed by atoms with van der Waals surface area (Å²) in [5.41, 5.74) is -2.89. The van der Waals surface area contributed by atoms with E-state index < -0.39 is 73.1 Å². The quantitative estimate of drug-likeness (QED) is 0.150. The van der Waals surface area contributed by atoms with Crippen molar-refractivity contribution in [3.63, 3.8) is 0 Å². The average molecular weight is 674 g/mol. The Balaban J connectivity index is 1.96. The van der Waals surface area contributed by atoms with E-state index in [2.05, 4.69) is 5.32 Å². The standard InChI is InChI=1S/C30H35ClF2NO8PS/c1-29(2,3)27(36)39-16-41-43(38,42-17-40-28(37)30(4,5)6)25(21-15-44-24-10-8-19(31)14-20(21)24)26(35)34-12-11-18-7-9-22(32)23(33)13-18/h7-15,20,24-25H,16-17H2,1-6H3,(H,34,35)/b12-11+. The minimum atomic E-state index is -4.65. The monoisotopic (exact) mass is 673 g/mol. The predicted molar refractivity (Wildman–Crippen MR) is 164 cm³/mol. The average Bonchev–Trinajstić information content (AvgIpc) is 3.32. The van der Waals surface area contributed by atoms with Gasteiger partial charge >= 0.3 is 19.5 Å². The van der Waals surface area contributed by atoms with E-state index in [0.717, 1.165) is 18.3 Å². The molecule has 3 unspecified atom stereocenters. The van der Waals surface area contributed by atoms with Crippen LogP contribution in [0.15, 0.2) is 58.6 Å². The summed E-state index contributed by atoms with van der Waals surface area (Å²) in [5, 5.41) is 4.37. The van der Waals surface area contributed by atoms with Crippen molar-refractivity contribution in [2.24, 2.45) is 16.7 Å². The molecule has 2 aliphatic rings. The molecule has 14 heteroatoms. The van der Waals surface area contributed by atoms with E-state index in [-0.39, 0.29) is 10.8 Å². The zero-order chi connectivity index (χ0) is 32.9. The minimum absolute atomic E-state index is 0.175. The molecule has 9 nitrogen and oxygen atoms in total. The molecule has 1 aromatic rings. The summed E-state index contributed by atoms with van der Waals surface area (Å²) in [6, 6.07) is 3.16. The third-order valence-corrected chi connectivity index (χ3v) is 9.80. The molecule has 1 N–H and O–H groups in total. The number of allylic oxidation sites excluding steroid dienone is 3. The highest BCUT2D eigenvalue weighted by Crippen LogP contribution is 2.59. The fraction of sp³-hybridized carbons (Fsp3) is 0.433. The largest absolute Gasteiger partial charge is 0.438 e. The molecular weight excluding hydrogens is 639 g/mol. The molecule has 1 aromatic carbocycles. The first kappa shape index (κ1) is 35.7. The van der Waals surface area contributed by atoms with Gasteiger partial charge in [-0.15, -0.1) is 11.8 Å². The van der Waals surface area contributed by atoms with Crippen LogP contribution in [-0.4, -0.2) is 42.3 Å². The van der Waals surface area contributed by atoms with E-state index >= 15 is 0 Å². The number of benzene rings is 1. The Bertz CT molecular complexity index is 1410. The maximum Gasteiger partial charge on any atom is 0.353 e. The topological polar surface area (TPSA) is 117 Å². The molecule has 1 aliphatic carbocycles. The Morgan fingerprint density at radius 2 is 1.61 bits per heavy atom. The summed E-state index contributed by atoms with van der Waals surface area (Å²) in [4.78, 5) is 38.6. The molecule has 1 aliphatic heterocycles. The van der Waals surface area contributed by atoms with Gasteiger partial charge in [0.1, 0.15) is 0 Å². The smallest absolute Gasteiger partial charge is 0.353 e. The first-order valence-electron chi connectivity index (χ1n) is 13.5. The van der Waals surface area contributed by atoms with Crippen LogP contribution in [-0.2, 0) is 37.5 Å². The number of carbonyl (C=O) groups is 3. The fourth-order valence-electron chi connectivity index (χ4n) is 3.85. The molecule has 240 valence electrons. The van der Waals surface area contributed by atoms with Crippen molar-refractivity contribution in [2.45, 2.75) is 52.5 Å². The highest BCUT2D eigenvalue weighted by Gasteiger charge is 2.49. The summed E-state index contributed by atoms with van der Waals surface area (Å²) in [7, 11) is -4.65. The van der Waals surface area contributed by atoms with Gasteiger partial charge in [-0.1, -0.05) is 29.8 Å². The van der Waals surface area contributed by atoms with Gasteiger partial charge in [0.2, 0.25) is 19.5 Å². The number of halogens is 3. The fourth-order valence-corrected chi connectivity index (χ4v) is 7.08. The molecule has 0 fully saturated rings. The van der Waals surface area contributed by atoms with Crippen LogP contribution in [0.2, 0.25) is 0 Å². The lowest BCUT2D eigenvalue weighted by Crippen LogP contribution is -2.37. The van der Waals surface area contributed by atoms with Gasteiger partial charge in [0.15, 0.2) is 17.3 Å². The van der Waals surface area contributed by atoms with Gasteiger partial charge in [0, 0.05) is 22.4 Å². The number of nitrogens with one attached hydrogen (secondary N) is 1. The Morgan fingerprint density at radius 3 is 2.16 bits per heavy atom. The van der Waals surface area contributed by atoms with Crippen molar-refractivity contribution in [3.8, 4) is 0 Å². The molecule has 0 bridgehead atoms. The Kier molecular flexibility index (Phi) is 11.8. The van der Waals surface area contributed by atoms with Gasteiger partial charge < -0.3 is 14.8 Å². The molecule has 0 spiro atoms. The predicted octanol–water partition coefficient (Wildman–Crippen LogP) is 7.05. The summed E-state index contributed by atoms with van der Waals surface area (Å²) < 4.78 is 63.0.